The first-order valence-electron chi connectivity index (χ1n) is 8.13. The molecule has 1 aromatic rings. The Bertz CT molecular complexity index is 662. The summed E-state index contributed by atoms with van der Waals surface area (Å²) in [6, 6.07) is 5.67. The molecule has 2 atom stereocenters. The number of halogens is 1. The largest absolute Gasteiger partial charge is 0.465 e. The Morgan fingerprint density at radius 1 is 1.42 bits per heavy atom. The van der Waals surface area contributed by atoms with Gasteiger partial charge in [0.1, 0.15) is 6.61 Å². The van der Waals surface area contributed by atoms with Crippen LogP contribution in [0.5, 0.6) is 0 Å². The number of rotatable bonds is 3. The SMILES string of the molecule is Cc1ccc(NC(=O)OC[C@]23CCC[C@H](CC2)N3C(=O)O)c(Br)c1. The topological polar surface area (TPSA) is 78.9 Å². The van der Waals surface area contributed by atoms with Gasteiger partial charge in [-0.15, -0.1) is 0 Å². The van der Waals surface area contributed by atoms with Gasteiger partial charge >= 0.3 is 12.2 Å². The normalized spacial score (nSPS) is 25.4. The first-order chi connectivity index (χ1) is 11.4. The molecule has 2 N–H and O–H groups in total. The fourth-order valence-electron chi connectivity index (χ4n) is 3.90. The average molecular weight is 397 g/mol. The lowest BCUT2D eigenvalue weighted by atomic mass is 9.89. The van der Waals surface area contributed by atoms with Gasteiger partial charge < -0.3 is 9.84 Å². The summed E-state index contributed by atoms with van der Waals surface area (Å²) in [7, 11) is 0. The van der Waals surface area contributed by atoms with Crippen LogP contribution in [0.2, 0.25) is 0 Å². The molecule has 2 amide bonds. The minimum Gasteiger partial charge on any atom is -0.465 e. The van der Waals surface area contributed by atoms with Gasteiger partial charge in [-0.25, -0.2) is 9.59 Å². The number of fused-ring (bicyclic) bond motifs is 2. The second kappa shape index (κ2) is 6.63. The molecule has 130 valence electrons. The van der Waals surface area contributed by atoms with E-state index in [-0.39, 0.29) is 12.6 Å². The van der Waals surface area contributed by atoms with Crippen LogP contribution in [0.15, 0.2) is 22.7 Å². The Kier molecular flexibility index (Phi) is 4.71. The first-order valence-corrected chi connectivity index (χ1v) is 8.93. The highest BCUT2D eigenvalue weighted by Gasteiger charge is 2.52. The van der Waals surface area contributed by atoms with Gasteiger partial charge in [0.25, 0.3) is 0 Å². The van der Waals surface area contributed by atoms with E-state index in [1.54, 1.807) is 6.07 Å². The molecule has 2 heterocycles. The van der Waals surface area contributed by atoms with Gasteiger partial charge in [-0.1, -0.05) is 6.07 Å². The standard InChI is InChI=1S/C17H21BrN2O4/c1-11-4-5-14(13(18)9-11)19-15(21)24-10-17-7-2-3-12(6-8-17)20(17)16(22)23/h4-5,9,12H,2-3,6-8,10H2,1H3,(H,19,21)(H,22,23)/t12-,17+/m1/s1. The first kappa shape index (κ1) is 17.1. The number of hydrogen-bond donors (Lipinski definition) is 2. The van der Waals surface area contributed by atoms with Crippen molar-refractivity contribution in [2.75, 3.05) is 11.9 Å². The van der Waals surface area contributed by atoms with Crippen molar-refractivity contribution in [3.63, 3.8) is 0 Å². The molecule has 2 aliphatic rings. The fourth-order valence-corrected chi connectivity index (χ4v) is 4.49. The highest BCUT2D eigenvalue weighted by Crippen LogP contribution is 2.44. The molecule has 0 unspecified atom stereocenters. The second-order valence-electron chi connectivity index (χ2n) is 6.65. The number of nitrogens with one attached hydrogen (secondary N) is 1. The predicted molar refractivity (Wildman–Crippen MR) is 93.3 cm³/mol. The number of carboxylic acid groups (broad SMARTS) is 1. The minimum absolute atomic E-state index is 0.0640. The molecule has 0 aliphatic carbocycles. The zero-order valence-electron chi connectivity index (χ0n) is 13.5. The number of carbonyl (C=O) groups is 2. The summed E-state index contributed by atoms with van der Waals surface area (Å²) in [6.07, 6.45) is 2.75. The van der Waals surface area contributed by atoms with Crippen LogP contribution in [0.25, 0.3) is 0 Å². The molecule has 2 aliphatic heterocycles. The quantitative estimate of drug-likeness (QED) is 0.794. The zero-order chi connectivity index (χ0) is 17.3. The summed E-state index contributed by atoms with van der Waals surface area (Å²) in [6.45, 7) is 2.07. The molecule has 2 saturated heterocycles. The fraction of sp³-hybridized carbons (Fsp3) is 0.529. The molecule has 2 bridgehead atoms. The van der Waals surface area contributed by atoms with E-state index in [9.17, 15) is 14.7 Å². The van der Waals surface area contributed by atoms with Crippen molar-refractivity contribution >= 4 is 33.8 Å². The highest BCUT2D eigenvalue weighted by molar-refractivity contribution is 9.10. The van der Waals surface area contributed by atoms with Gasteiger partial charge in [-0.3, -0.25) is 10.2 Å². The van der Waals surface area contributed by atoms with Crippen LogP contribution in [0.3, 0.4) is 0 Å². The van der Waals surface area contributed by atoms with Crippen LogP contribution < -0.4 is 5.32 Å². The van der Waals surface area contributed by atoms with Crippen LogP contribution in [0, 0.1) is 6.92 Å². The van der Waals surface area contributed by atoms with E-state index in [0.29, 0.717) is 5.69 Å². The van der Waals surface area contributed by atoms with E-state index in [0.717, 1.165) is 42.1 Å². The van der Waals surface area contributed by atoms with Crippen LogP contribution in [0.4, 0.5) is 15.3 Å². The van der Waals surface area contributed by atoms with Crippen molar-refractivity contribution in [3.8, 4) is 0 Å². The molecule has 3 rings (SSSR count). The number of amides is 2. The Balaban J connectivity index is 1.64. The van der Waals surface area contributed by atoms with E-state index in [1.807, 2.05) is 19.1 Å². The summed E-state index contributed by atoms with van der Waals surface area (Å²) in [5.74, 6) is 0. The van der Waals surface area contributed by atoms with E-state index in [2.05, 4.69) is 21.2 Å². The summed E-state index contributed by atoms with van der Waals surface area (Å²) in [5, 5.41) is 12.2. The van der Waals surface area contributed by atoms with E-state index in [1.165, 1.54) is 4.90 Å². The van der Waals surface area contributed by atoms with Crippen molar-refractivity contribution in [2.24, 2.45) is 0 Å². The maximum absolute atomic E-state index is 12.1. The van der Waals surface area contributed by atoms with Gasteiger partial charge in [0, 0.05) is 10.5 Å². The van der Waals surface area contributed by atoms with Gasteiger partial charge in [0.05, 0.1) is 11.2 Å². The number of benzene rings is 1. The van der Waals surface area contributed by atoms with Crippen LogP contribution >= 0.6 is 15.9 Å². The molecule has 0 saturated carbocycles. The molecule has 0 radical (unpaired) electrons. The molecule has 7 heteroatoms. The van der Waals surface area contributed by atoms with Gasteiger partial charge in [-0.2, -0.15) is 0 Å². The molecule has 0 spiro atoms. The van der Waals surface area contributed by atoms with Crippen molar-refractivity contribution in [1.29, 1.82) is 0 Å². The average Bonchev–Trinajstić information content (AvgIpc) is 2.76. The highest BCUT2D eigenvalue weighted by atomic mass is 79.9. The molecule has 24 heavy (non-hydrogen) atoms. The number of hydrogen-bond acceptors (Lipinski definition) is 3. The molecule has 1 aromatic carbocycles. The van der Waals surface area contributed by atoms with Gasteiger partial charge in [-0.05, 0) is 72.7 Å². The van der Waals surface area contributed by atoms with Crippen molar-refractivity contribution in [3.05, 3.63) is 28.2 Å². The van der Waals surface area contributed by atoms with Crippen LogP contribution in [-0.2, 0) is 4.74 Å². The van der Waals surface area contributed by atoms with E-state index >= 15 is 0 Å². The van der Waals surface area contributed by atoms with Crippen molar-refractivity contribution in [2.45, 2.75) is 50.6 Å². The predicted octanol–water partition coefficient (Wildman–Crippen LogP) is 4.37. The third-order valence-corrected chi connectivity index (χ3v) is 5.69. The second-order valence-corrected chi connectivity index (χ2v) is 7.50. The maximum Gasteiger partial charge on any atom is 0.411 e. The third-order valence-electron chi connectivity index (χ3n) is 5.04. The lowest BCUT2D eigenvalue weighted by Crippen LogP contribution is -2.55. The van der Waals surface area contributed by atoms with Gasteiger partial charge in [0.2, 0.25) is 0 Å². The van der Waals surface area contributed by atoms with Crippen molar-refractivity contribution < 1.29 is 19.4 Å². The molecular weight excluding hydrogens is 376 g/mol. The van der Waals surface area contributed by atoms with E-state index in [4.69, 9.17) is 4.74 Å². The molecule has 6 nitrogen and oxygen atoms in total. The summed E-state index contributed by atoms with van der Waals surface area (Å²) >= 11 is 3.41. The Hall–Kier alpha value is -1.76. The Morgan fingerprint density at radius 2 is 2.21 bits per heavy atom. The van der Waals surface area contributed by atoms with E-state index < -0.39 is 17.7 Å². The summed E-state index contributed by atoms with van der Waals surface area (Å²) < 4.78 is 6.18. The number of nitrogens with zero attached hydrogens (tertiary/aromatic N) is 1. The number of anilines is 1. The number of ether oxygens (including phenoxy) is 1. The number of aryl methyl sites for hydroxylation is 1. The van der Waals surface area contributed by atoms with Crippen molar-refractivity contribution in [1.82, 2.24) is 4.90 Å². The molecule has 2 fully saturated rings. The van der Waals surface area contributed by atoms with Crippen LogP contribution in [-0.4, -0.2) is 40.4 Å². The lowest BCUT2D eigenvalue weighted by Gasteiger charge is -2.42. The molecular formula is C17H21BrN2O4. The maximum atomic E-state index is 12.1. The smallest absolute Gasteiger partial charge is 0.411 e. The van der Waals surface area contributed by atoms with Gasteiger partial charge in [0.15, 0.2) is 0 Å². The lowest BCUT2D eigenvalue weighted by molar-refractivity contribution is 0.0110. The number of piperidine rings is 1. The Morgan fingerprint density at radius 3 is 2.92 bits per heavy atom. The minimum atomic E-state index is -0.914. The number of carbonyl (C=O) groups excluding carboxylic acids is 1. The molecule has 0 aromatic heterocycles. The Labute approximate surface area is 149 Å². The monoisotopic (exact) mass is 396 g/mol. The zero-order valence-corrected chi connectivity index (χ0v) is 15.1. The van der Waals surface area contributed by atoms with Crippen LogP contribution in [0.1, 0.15) is 37.7 Å². The third kappa shape index (κ3) is 3.22. The summed E-state index contributed by atoms with van der Waals surface area (Å²) in [5.41, 5.74) is 1.15. The summed E-state index contributed by atoms with van der Waals surface area (Å²) in [4.78, 5) is 25.2.